The minimum atomic E-state index is 0.243. The fraction of sp³-hybridized carbons (Fsp3) is 0. The molecule has 0 amide bonds. The van der Waals surface area contributed by atoms with Crippen LogP contribution in [0.2, 0.25) is 0 Å². The molecule has 0 aliphatic rings. The van der Waals surface area contributed by atoms with Gasteiger partial charge in [-0.15, -0.1) is 0 Å². The largest absolute Gasteiger partial charge is 0.507 e. The van der Waals surface area contributed by atoms with Crippen molar-refractivity contribution in [3.8, 4) is 5.75 Å². The van der Waals surface area contributed by atoms with Crippen LogP contribution in [0.5, 0.6) is 5.75 Å². The summed E-state index contributed by atoms with van der Waals surface area (Å²) in [6.07, 6.45) is 0. The number of para-hydroxylation sites is 1. The molecule has 0 saturated heterocycles. The van der Waals surface area contributed by atoms with E-state index in [0.29, 0.717) is 5.19 Å². The second-order valence-electron chi connectivity index (χ2n) is 3.71. The molecule has 3 heteroatoms. The SMILES string of the molecule is Oc1c([Si])ccc2nc3ccccc3cc12. The first-order chi connectivity index (χ1) is 7.75. The Labute approximate surface area is 96.0 Å². The summed E-state index contributed by atoms with van der Waals surface area (Å²) in [6, 6.07) is 13.5. The molecule has 1 N–H and O–H groups in total. The Morgan fingerprint density at radius 2 is 1.81 bits per heavy atom. The van der Waals surface area contributed by atoms with E-state index in [0.717, 1.165) is 21.8 Å². The van der Waals surface area contributed by atoms with Crippen LogP contribution in [0, 0.1) is 0 Å². The van der Waals surface area contributed by atoms with Crippen LogP contribution in [0.25, 0.3) is 21.8 Å². The predicted octanol–water partition coefficient (Wildman–Crippen LogP) is 1.89. The molecule has 2 nitrogen and oxygen atoms in total. The molecule has 0 unspecified atom stereocenters. The summed E-state index contributed by atoms with van der Waals surface area (Å²) in [5.74, 6) is 0.243. The van der Waals surface area contributed by atoms with Crippen LogP contribution in [-0.4, -0.2) is 20.3 Å². The van der Waals surface area contributed by atoms with Crippen molar-refractivity contribution in [2.24, 2.45) is 0 Å². The average Bonchev–Trinajstić information content (AvgIpc) is 2.32. The monoisotopic (exact) mass is 222 g/mol. The molecule has 0 spiro atoms. The molecule has 0 bridgehead atoms. The van der Waals surface area contributed by atoms with E-state index in [1.165, 1.54) is 0 Å². The maximum atomic E-state index is 9.93. The summed E-state index contributed by atoms with van der Waals surface area (Å²) >= 11 is 0. The minimum absolute atomic E-state index is 0.243. The van der Waals surface area contributed by atoms with Gasteiger partial charge in [0, 0.05) is 10.8 Å². The standard InChI is InChI=1S/C13H8NOSi/c15-13-9-7-8-3-1-2-4-10(8)14-11(9)5-6-12(13)16/h1-7,15H. The zero-order chi connectivity index (χ0) is 11.1. The Bertz CT molecular complexity index is 694. The molecule has 0 saturated carbocycles. The van der Waals surface area contributed by atoms with Gasteiger partial charge in [-0.3, -0.25) is 0 Å². The maximum Gasteiger partial charge on any atom is 0.123 e. The first kappa shape index (κ1) is 9.36. The summed E-state index contributed by atoms with van der Waals surface area (Å²) in [5, 5.41) is 12.4. The van der Waals surface area contributed by atoms with Gasteiger partial charge in [0.15, 0.2) is 0 Å². The van der Waals surface area contributed by atoms with Crippen LogP contribution >= 0.6 is 0 Å². The molecule has 0 aliphatic carbocycles. The Morgan fingerprint density at radius 1 is 1.00 bits per heavy atom. The molecular weight excluding hydrogens is 214 g/mol. The summed E-state index contributed by atoms with van der Waals surface area (Å²) in [4.78, 5) is 4.50. The second kappa shape index (κ2) is 3.32. The number of phenols is 1. The maximum absolute atomic E-state index is 9.93. The smallest absolute Gasteiger partial charge is 0.123 e. The number of hydrogen-bond acceptors (Lipinski definition) is 2. The molecule has 3 rings (SSSR count). The van der Waals surface area contributed by atoms with E-state index in [-0.39, 0.29) is 5.75 Å². The number of aromatic nitrogens is 1. The highest BCUT2D eigenvalue weighted by molar-refractivity contribution is 6.35. The van der Waals surface area contributed by atoms with Gasteiger partial charge in [-0.1, -0.05) is 24.3 Å². The summed E-state index contributed by atoms with van der Waals surface area (Å²) in [5.41, 5.74) is 1.74. The first-order valence-corrected chi connectivity index (χ1v) is 5.49. The number of nitrogens with zero attached hydrogens (tertiary/aromatic N) is 1. The molecule has 3 radical (unpaired) electrons. The van der Waals surface area contributed by atoms with Gasteiger partial charge in [0.1, 0.15) is 5.75 Å². The van der Waals surface area contributed by atoms with Crippen molar-refractivity contribution in [3.63, 3.8) is 0 Å². The van der Waals surface area contributed by atoms with Crippen LogP contribution in [-0.2, 0) is 0 Å². The van der Waals surface area contributed by atoms with Crippen LogP contribution in [0.15, 0.2) is 42.5 Å². The summed E-state index contributed by atoms with van der Waals surface area (Å²) in [7, 11) is 3.35. The Balaban J connectivity index is 2.51. The highest BCUT2D eigenvalue weighted by Gasteiger charge is 2.05. The van der Waals surface area contributed by atoms with Crippen molar-refractivity contribution in [1.29, 1.82) is 0 Å². The number of benzene rings is 2. The van der Waals surface area contributed by atoms with Gasteiger partial charge in [-0.2, -0.15) is 0 Å². The molecule has 0 aliphatic heterocycles. The highest BCUT2D eigenvalue weighted by Crippen LogP contribution is 2.24. The summed E-state index contributed by atoms with van der Waals surface area (Å²) in [6.45, 7) is 0. The Morgan fingerprint density at radius 3 is 2.69 bits per heavy atom. The third-order valence-electron chi connectivity index (χ3n) is 2.67. The van der Waals surface area contributed by atoms with Gasteiger partial charge in [-0.25, -0.2) is 4.98 Å². The summed E-state index contributed by atoms with van der Waals surface area (Å²) < 4.78 is 0. The van der Waals surface area contributed by atoms with Crippen molar-refractivity contribution < 1.29 is 5.11 Å². The van der Waals surface area contributed by atoms with E-state index in [9.17, 15) is 5.11 Å². The topological polar surface area (TPSA) is 33.1 Å². The fourth-order valence-electron chi connectivity index (χ4n) is 1.83. The van der Waals surface area contributed by atoms with Gasteiger partial charge >= 0.3 is 0 Å². The van der Waals surface area contributed by atoms with E-state index in [2.05, 4.69) is 15.2 Å². The third-order valence-corrected chi connectivity index (χ3v) is 3.08. The molecule has 0 atom stereocenters. The van der Waals surface area contributed by atoms with E-state index >= 15 is 0 Å². The van der Waals surface area contributed by atoms with Crippen molar-refractivity contribution in [2.75, 3.05) is 0 Å². The number of pyridine rings is 1. The quantitative estimate of drug-likeness (QED) is 0.465. The number of aromatic hydroxyl groups is 1. The predicted molar refractivity (Wildman–Crippen MR) is 66.3 cm³/mol. The molecule has 1 aromatic heterocycles. The van der Waals surface area contributed by atoms with Gasteiger partial charge in [0.25, 0.3) is 0 Å². The van der Waals surface area contributed by atoms with Gasteiger partial charge in [0.05, 0.1) is 21.3 Å². The molecule has 2 aromatic carbocycles. The third kappa shape index (κ3) is 1.29. The van der Waals surface area contributed by atoms with E-state index in [4.69, 9.17) is 0 Å². The van der Waals surface area contributed by atoms with Crippen LogP contribution < -0.4 is 5.19 Å². The Kier molecular flexibility index (Phi) is 1.94. The highest BCUT2D eigenvalue weighted by atomic mass is 28.1. The van der Waals surface area contributed by atoms with Crippen molar-refractivity contribution in [2.45, 2.75) is 0 Å². The van der Waals surface area contributed by atoms with Crippen LogP contribution in [0.4, 0.5) is 0 Å². The lowest BCUT2D eigenvalue weighted by Crippen LogP contribution is -2.02. The van der Waals surface area contributed by atoms with Gasteiger partial charge < -0.3 is 5.11 Å². The van der Waals surface area contributed by atoms with Crippen LogP contribution in [0.1, 0.15) is 0 Å². The number of fused-ring (bicyclic) bond motifs is 2. The Hall–Kier alpha value is -1.87. The molecule has 3 aromatic rings. The zero-order valence-electron chi connectivity index (χ0n) is 8.44. The van der Waals surface area contributed by atoms with Crippen LogP contribution in [0.3, 0.4) is 0 Å². The molecule has 16 heavy (non-hydrogen) atoms. The molecule has 0 fully saturated rings. The number of rotatable bonds is 0. The average molecular weight is 222 g/mol. The van der Waals surface area contributed by atoms with E-state index in [1.54, 1.807) is 6.07 Å². The first-order valence-electron chi connectivity index (χ1n) is 4.99. The molecule has 1 heterocycles. The van der Waals surface area contributed by atoms with Crippen molar-refractivity contribution in [1.82, 2.24) is 4.98 Å². The fourth-order valence-corrected chi connectivity index (χ4v) is 2.05. The van der Waals surface area contributed by atoms with E-state index < -0.39 is 0 Å². The normalized spacial score (nSPS) is 11.1. The van der Waals surface area contributed by atoms with Crippen molar-refractivity contribution in [3.05, 3.63) is 42.5 Å². The van der Waals surface area contributed by atoms with Crippen molar-refractivity contribution >= 4 is 37.2 Å². The van der Waals surface area contributed by atoms with Gasteiger partial charge in [0.2, 0.25) is 0 Å². The lowest BCUT2D eigenvalue weighted by atomic mass is 10.1. The molecular formula is C13H8NOSi. The lowest BCUT2D eigenvalue weighted by Gasteiger charge is -2.05. The number of hydrogen-bond donors (Lipinski definition) is 1. The zero-order valence-corrected chi connectivity index (χ0v) is 9.44. The van der Waals surface area contributed by atoms with E-state index in [1.807, 2.05) is 36.4 Å². The lowest BCUT2D eigenvalue weighted by molar-refractivity contribution is 0.486. The second-order valence-corrected chi connectivity index (χ2v) is 4.25. The number of phenolic OH excluding ortho intramolecular Hbond substituents is 1. The van der Waals surface area contributed by atoms with Gasteiger partial charge in [-0.05, 0) is 23.4 Å². The molecule has 75 valence electrons. The minimum Gasteiger partial charge on any atom is -0.507 e.